The number of carbonyl (C=O) groups excluding carboxylic acids is 2. The van der Waals surface area contributed by atoms with Crippen LogP contribution in [0, 0.1) is 0 Å². The minimum atomic E-state index is -4.37. The fraction of sp³-hybridized carbons (Fsp3) is 0.902. The fourth-order valence-electron chi connectivity index (χ4n) is 5.98. The number of carbonyl (C=O) groups is 2. The summed E-state index contributed by atoms with van der Waals surface area (Å²) in [5, 5.41) is 0. The average molecular weight is 746 g/mol. The quantitative estimate of drug-likeness (QED) is 0.0272. The molecule has 0 radical (unpaired) electrons. The molecule has 10 heteroatoms. The number of allylic oxidation sites excluding steroid dienone is 2. The van der Waals surface area contributed by atoms with Gasteiger partial charge in [0.2, 0.25) is 0 Å². The van der Waals surface area contributed by atoms with Gasteiger partial charge in [-0.25, -0.2) is 4.57 Å². The minimum absolute atomic E-state index is 0.0554. The highest BCUT2D eigenvalue weighted by atomic mass is 31.2. The van der Waals surface area contributed by atoms with Crippen molar-refractivity contribution in [2.45, 2.75) is 213 Å². The Labute approximate surface area is 313 Å². The molecule has 0 aromatic carbocycles. The monoisotopic (exact) mass is 746 g/mol. The highest BCUT2D eigenvalue weighted by Gasteiger charge is 2.26. The van der Waals surface area contributed by atoms with E-state index in [0.717, 1.165) is 44.9 Å². The summed E-state index contributed by atoms with van der Waals surface area (Å²) in [5.74, 6) is -0.824. The molecule has 302 valence electrons. The lowest BCUT2D eigenvalue weighted by atomic mass is 10.0. The molecule has 0 aromatic heterocycles. The molecule has 0 saturated carbocycles. The fourth-order valence-corrected chi connectivity index (χ4v) is 6.75. The zero-order valence-electron chi connectivity index (χ0n) is 33.1. The van der Waals surface area contributed by atoms with Crippen LogP contribution in [-0.2, 0) is 32.7 Å². The van der Waals surface area contributed by atoms with Crippen LogP contribution in [0.15, 0.2) is 12.2 Å². The number of esters is 2. The van der Waals surface area contributed by atoms with E-state index in [9.17, 15) is 19.0 Å². The number of rotatable bonds is 40. The first-order valence-electron chi connectivity index (χ1n) is 21.2. The van der Waals surface area contributed by atoms with Crippen molar-refractivity contribution in [3.8, 4) is 0 Å². The molecule has 0 spiro atoms. The maximum atomic E-state index is 12.6. The van der Waals surface area contributed by atoms with E-state index in [2.05, 4.69) is 26.0 Å². The summed E-state index contributed by atoms with van der Waals surface area (Å²) in [5.41, 5.74) is 5.34. The number of hydrogen-bond donors (Lipinski definition) is 2. The molecule has 0 heterocycles. The second-order valence-corrected chi connectivity index (χ2v) is 15.7. The summed E-state index contributed by atoms with van der Waals surface area (Å²) in [6.45, 7) is 3.74. The van der Waals surface area contributed by atoms with Gasteiger partial charge in [0.15, 0.2) is 6.10 Å². The van der Waals surface area contributed by atoms with Gasteiger partial charge in [0.25, 0.3) is 0 Å². The van der Waals surface area contributed by atoms with E-state index in [4.69, 9.17) is 24.3 Å². The van der Waals surface area contributed by atoms with Crippen LogP contribution in [0.4, 0.5) is 0 Å². The zero-order valence-corrected chi connectivity index (χ0v) is 34.0. The highest BCUT2D eigenvalue weighted by molar-refractivity contribution is 7.47. The van der Waals surface area contributed by atoms with Gasteiger partial charge >= 0.3 is 19.8 Å². The molecular formula is C41H80NO8P. The summed E-state index contributed by atoms with van der Waals surface area (Å²) in [6, 6.07) is 0. The van der Waals surface area contributed by atoms with Crippen molar-refractivity contribution in [2.24, 2.45) is 5.73 Å². The third-order valence-electron chi connectivity index (χ3n) is 9.15. The number of hydrogen-bond acceptors (Lipinski definition) is 8. The van der Waals surface area contributed by atoms with Gasteiger partial charge in [-0.2, -0.15) is 0 Å². The number of unbranched alkanes of at least 4 members (excludes halogenated alkanes) is 25. The molecule has 0 amide bonds. The average Bonchev–Trinajstić information content (AvgIpc) is 3.11. The molecule has 0 rings (SSSR count). The third-order valence-corrected chi connectivity index (χ3v) is 10.1. The Morgan fingerprint density at radius 3 is 1.41 bits per heavy atom. The minimum Gasteiger partial charge on any atom is -0.462 e. The summed E-state index contributed by atoms with van der Waals surface area (Å²) in [7, 11) is -4.37. The van der Waals surface area contributed by atoms with E-state index >= 15 is 0 Å². The van der Waals surface area contributed by atoms with Gasteiger partial charge in [0.05, 0.1) is 13.2 Å². The maximum Gasteiger partial charge on any atom is 0.472 e. The molecule has 0 bridgehead atoms. The Balaban J connectivity index is 4.14. The van der Waals surface area contributed by atoms with Gasteiger partial charge in [-0.3, -0.25) is 18.6 Å². The summed E-state index contributed by atoms with van der Waals surface area (Å²) in [6.07, 6.45) is 38.0. The van der Waals surface area contributed by atoms with Gasteiger partial charge in [0.1, 0.15) is 6.61 Å². The summed E-state index contributed by atoms with van der Waals surface area (Å²) < 4.78 is 32.7. The Bertz CT molecular complexity index is 856. The normalized spacial score (nSPS) is 13.4. The van der Waals surface area contributed by atoms with Crippen LogP contribution < -0.4 is 5.73 Å². The molecule has 0 aromatic rings. The molecule has 3 N–H and O–H groups in total. The third kappa shape index (κ3) is 38.3. The molecule has 0 fully saturated rings. The first kappa shape index (κ1) is 49.8. The second-order valence-electron chi connectivity index (χ2n) is 14.2. The van der Waals surface area contributed by atoms with Crippen LogP contribution in [-0.4, -0.2) is 49.3 Å². The lowest BCUT2D eigenvalue weighted by Gasteiger charge is -2.19. The molecule has 0 aliphatic carbocycles. The Hall–Kier alpha value is -1.25. The topological polar surface area (TPSA) is 134 Å². The van der Waals surface area contributed by atoms with Crippen molar-refractivity contribution in [3.05, 3.63) is 12.2 Å². The first-order chi connectivity index (χ1) is 24.8. The van der Waals surface area contributed by atoms with Gasteiger partial charge < -0.3 is 20.1 Å². The second kappa shape index (κ2) is 38.5. The van der Waals surface area contributed by atoms with Crippen LogP contribution in [0.5, 0.6) is 0 Å². The molecule has 0 aliphatic rings. The zero-order chi connectivity index (χ0) is 37.5. The molecule has 0 aliphatic heterocycles. The first-order valence-corrected chi connectivity index (χ1v) is 22.7. The van der Waals surface area contributed by atoms with E-state index in [1.54, 1.807) is 0 Å². The largest absolute Gasteiger partial charge is 0.472 e. The molecular weight excluding hydrogens is 665 g/mol. The van der Waals surface area contributed by atoms with Gasteiger partial charge in [-0.15, -0.1) is 0 Å². The van der Waals surface area contributed by atoms with E-state index < -0.39 is 26.5 Å². The Morgan fingerprint density at radius 2 is 0.961 bits per heavy atom. The lowest BCUT2D eigenvalue weighted by molar-refractivity contribution is -0.161. The predicted molar refractivity (Wildman–Crippen MR) is 211 cm³/mol. The van der Waals surface area contributed by atoms with E-state index in [0.29, 0.717) is 6.42 Å². The maximum absolute atomic E-state index is 12.6. The summed E-state index contributed by atoms with van der Waals surface area (Å²) in [4.78, 5) is 34.8. The number of nitrogens with two attached hydrogens (primary N) is 1. The van der Waals surface area contributed by atoms with Crippen LogP contribution in [0.1, 0.15) is 206 Å². The van der Waals surface area contributed by atoms with Gasteiger partial charge in [0, 0.05) is 19.4 Å². The molecule has 0 saturated heterocycles. The van der Waals surface area contributed by atoms with Crippen molar-refractivity contribution >= 4 is 19.8 Å². The van der Waals surface area contributed by atoms with Crippen molar-refractivity contribution in [2.75, 3.05) is 26.4 Å². The Morgan fingerprint density at radius 1 is 0.569 bits per heavy atom. The van der Waals surface area contributed by atoms with Crippen molar-refractivity contribution < 1.29 is 37.6 Å². The van der Waals surface area contributed by atoms with Crippen molar-refractivity contribution in [1.29, 1.82) is 0 Å². The van der Waals surface area contributed by atoms with Gasteiger partial charge in [-0.1, -0.05) is 167 Å². The molecule has 51 heavy (non-hydrogen) atoms. The predicted octanol–water partition coefficient (Wildman–Crippen LogP) is 11.8. The van der Waals surface area contributed by atoms with Crippen molar-refractivity contribution in [3.63, 3.8) is 0 Å². The van der Waals surface area contributed by atoms with Crippen LogP contribution in [0.2, 0.25) is 0 Å². The van der Waals surface area contributed by atoms with Crippen LogP contribution in [0.3, 0.4) is 0 Å². The number of phosphoric acid groups is 1. The SMILES string of the molecule is CCCCCC/C=C\CCCCCCCCCC(=O)O[C@H](COC(=O)CCCCCCCCCCCCCCCCC)COP(=O)(O)OCCN. The van der Waals surface area contributed by atoms with Gasteiger partial charge in [-0.05, 0) is 38.5 Å². The van der Waals surface area contributed by atoms with Crippen LogP contribution >= 0.6 is 7.82 Å². The Kier molecular flexibility index (Phi) is 37.5. The molecule has 1 unspecified atom stereocenters. The van der Waals surface area contributed by atoms with E-state index in [-0.39, 0.29) is 38.6 Å². The summed E-state index contributed by atoms with van der Waals surface area (Å²) >= 11 is 0. The standard InChI is InChI=1S/C41H80NO8P/c1-3-5-7-9-11-13-15-17-19-21-23-25-27-29-31-33-40(43)47-37-39(38-49-51(45,46)48-36-35-42)50-41(44)34-32-30-28-26-24-22-20-18-16-14-12-10-8-6-4-2/h14,16,39H,3-13,15,17-38,42H2,1-2H3,(H,45,46)/b16-14-/t39-/m1/s1. The van der Waals surface area contributed by atoms with Crippen LogP contribution in [0.25, 0.3) is 0 Å². The lowest BCUT2D eigenvalue weighted by Crippen LogP contribution is -2.29. The molecule has 2 atom stereocenters. The number of phosphoric ester groups is 1. The smallest absolute Gasteiger partial charge is 0.462 e. The highest BCUT2D eigenvalue weighted by Crippen LogP contribution is 2.43. The molecule has 9 nitrogen and oxygen atoms in total. The van der Waals surface area contributed by atoms with E-state index in [1.165, 1.54) is 128 Å². The van der Waals surface area contributed by atoms with E-state index in [1.807, 2.05) is 0 Å². The van der Waals surface area contributed by atoms with Crippen molar-refractivity contribution in [1.82, 2.24) is 0 Å². The number of ether oxygens (including phenoxy) is 2.